The molecule has 0 saturated heterocycles. The Hall–Kier alpha value is -2.66. The fraction of sp³-hybridized carbons (Fsp3) is 0.150. The number of thioether (sulfide) groups is 1. The van der Waals surface area contributed by atoms with Gasteiger partial charge in [-0.3, -0.25) is 0 Å². The highest BCUT2D eigenvalue weighted by atomic mass is 32.2. The van der Waals surface area contributed by atoms with Crippen LogP contribution in [0.4, 0.5) is 0 Å². The molecule has 0 aliphatic carbocycles. The van der Waals surface area contributed by atoms with Gasteiger partial charge in [0.1, 0.15) is 0 Å². The second-order valence-electron chi connectivity index (χ2n) is 5.69. The van der Waals surface area contributed by atoms with Gasteiger partial charge in [0.15, 0.2) is 11.0 Å². The molecule has 0 aliphatic heterocycles. The largest absolute Gasteiger partial charge is 0.302 e. The van der Waals surface area contributed by atoms with Crippen molar-refractivity contribution >= 4 is 22.7 Å². The molecule has 4 rings (SSSR count). The zero-order chi connectivity index (χ0) is 17.2. The summed E-state index contributed by atoms with van der Waals surface area (Å²) in [7, 11) is 0. The maximum absolute atomic E-state index is 4.85. The van der Waals surface area contributed by atoms with Gasteiger partial charge in [-0.2, -0.15) is 0 Å². The van der Waals surface area contributed by atoms with Crippen LogP contribution in [-0.2, 0) is 6.54 Å². The topological polar surface area (TPSA) is 43.6 Å². The van der Waals surface area contributed by atoms with Crippen LogP contribution in [0.5, 0.6) is 0 Å². The Morgan fingerprint density at radius 1 is 0.960 bits per heavy atom. The van der Waals surface area contributed by atoms with Crippen LogP contribution in [0.2, 0.25) is 0 Å². The standard InChI is InChI=1S/C20H18N4S/c1-3-24-19(22-23-20(24)25-2)16-13-18(14-9-5-4-6-10-14)21-17-12-8-7-11-15(16)17/h4-13H,3H2,1-2H3. The molecule has 0 aliphatic rings. The average Bonchev–Trinajstić information content (AvgIpc) is 3.10. The van der Waals surface area contributed by atoms with Crippen molar-refractivity contribution in [1.29, 1.82) is 0 Å². The minimum atomic E-state index is 0.829. The van der Waals surface area contributed by atoms with E-state index in [1.807, 2.05) is 42.7 Å². The third kappa shape index (κ3) is 2.81. The highest BCUT2D eigenvalue weighted by Crippen LogP contribution is 2.32. The number of nitrogens with zero attached hydrogens (tertiary/aromatic N) is 4. The zero-order valence-electron chi connectivity index (χ0n) is 14.2. The summed E-state index contributed by atoms with van der Waals surface area (Å²) in [6.45, 7) is 2.95. The van der Waals surface area contributed by atoms with E-state index in [1.54, 1.807) is 11.8 Å². The summed E-state index contributed by atoms with van der Waals surface area (Å²) in [5.41, 5.74) is 4.09. The number of aromatic nitrogens is 4. The summed E-state index contributed by atoms with van der Waals surface area (Å²) in [6, 6.07) is 20.6. The molecule has 2 heterocycles. The van der Waals surface area contributed by atoms with Crippen molar-refractivity contribution in [3.63, 3.8) is 0 Å². The van der Waals surface area contributed by atoms with Gasteiger partial charge >= 0.3 is 0 Å². The first kappa shape index (κ1) is 15.8. The maximum Gasteiger partial charge on any atom is 0.191 e. The van der Waals surface area contributed by atoms with Crippen LogP contribution >= 0.6 is 11.8 Å². The molecule has 2 aromatic carbocycles. The van der Waals surface area contributed by atoms with E-state index < -0.39 is 0 Å². The number of rotatable bonds is 4. The van der Waals surface area contributed by atoms with Gasteiger partial charge in [-0.05, 0) is 25.3 Å². The molecule has 4 aromatic rings. The van der Waals surface area contributed by atoms with Crippen molar-refractivity contribution in [1.82, 2.24) is 19.7 Å². The fourth-order valence-corrected chi connectivity index (χ4v) is 3.60. The van der Waals surface area contributed by atoms with Gasteiger partial charge in [-0.1, -0.05) is 60.3 Å². The van der Waals surface area contributed by atoms with Crippen molar-refractivity contribution in [3.05, 3.63) is 60.7 Å². The normalized spacial score (nSPS) is 11.1. The number of hydrogen-bond acceptors (Lipinski definition) is 4. The molecule has 0 unspecified atom stereocenters. The van der Waals surface area contributed by atoms with Crippen molar-refractivity contribution in [2.75, 3.05) is 6.26 Å². The Labute approximate surface area is 150 Å². The number of pyridine rings is 1. The molecule has 2 aromatic heterocycles. The Morgan fingerprint density at radius 3 is 2.48 bits per heavy atom. The Morgan fingerprint density at radius 2 is 1.72 bits per heavy atom. The number of fused-ring (bicyclic) bond motifs is 1. The zero-order valence-corrected chi connectivity index (χ0v) is 15.0. The van der Waals surface area contributed by atoms with Crippen LogP contribution in [0.15, 0.2) is 65.8 Å². The molecule has 0 bridgehead atoms. The van der Waals surface area contributed by atoms with Crippen molar-refractivity contribution < 1.29 is 0 Å². The molecular formula is C20H18N4S. The predicted molar refractivity (Wildman–Crippen MR) is 104 cm³/mol. The SMILES string of the molecule is CCn1c(SC)nnc1-c1cc(-c2ccccc2)nc2ccccc12. The summed E-state index contributed by atoms with van der Waals surface area (Å²) in [6.07, 6.45) is 2.03. The van der Waals surface area contributed by atoms with Gasteiger partial charge in [0.05, 0.1) is 11.2 Å². The summed E-state index contributed by atoms with van der Waals surface area (Å²) < 4.78 is 2.15. The van der Waals surface area contributed by atoms with Crippen LogP contribution < -0.4 is 0 Å². The molecule has 0 spiro atoms. The second-order valence-corrected chi connectivity index (χ2v) is 6.47. The third-order valence-electron chi connectivity index (χ3n) is 4.24. The Balaban J connectivity index is 2.01. The first-order valence-electron chi connectivity index (χ1n) is 8.24. The van der Waals surface area contributed by atoms with E-state index in [9.17, 15) is 0 Å². The van der Waals surface area contributed by atoms with Crippen LogP contribution in [0.1, 0.15) is 6.92 Å². The van der Waals surface area contributed by atoms with Crippen LogP contribution in [0.25, 0.3) is 33.5 Å². The highest BCUT2D eigenvalue weighted by molar-refractivity contribution is 7.98. The van der Waals surface area contributed by atoms with Crippen LogP contribution in [-0.4, -0.2) is 26.0 Å². The lowest BCUT2D eigenvalue weighted by molar-refractivity contribution is 0.688. The minimum Gasteiger partial charge on any atom is -0.302 e. The van der Waals surface area contributed by atoms with Crippen molar-refractivity contribution in [2.45, 2.75) is 18.6 Å². The molecule has 5 heteroatoms. The highest BCUT2D eigenvalue weighted by Gasteiger charge is 2.16. The summed E-state index contributed by atoms with van der Waals surface area (Å²) in [5.74, 6) is 0.891. The van der Waals surface area contributed by atoms with Gasteiger partial charge in [0.25, 0.3) is 0 Å². The minimum absolute atomic E-state index is 0.829. The molecule has 0 N–H and O–H groups in total. The predicted octanol–water partition coefficient (Wildman–Crippen LogP) is 4.90. The molecule has 25 heavy (non-hydrogen) atoms. The van der Waals surface area contributed by atoms with Gasteiger partial charge in [0, 0.05) is 23.1 Å². The van der Waals surface area contributed by atoms with Crippen LogP contribution in [0, 0.1) is 0 Å². The molecule has 0 amide bonds. The Kier molecular flexibility index (Phi) is 4.24. The second kappa shape index (κ2) is 6.69. The third-order valence-corrected chi connectivity index (χ3v) is 4.91. The lowest BCUT2D eigenvalue weighted by atomic mass is 10.0. The van der Waals surface area contributed by atoms with Gasteiger partial charge in [-0.25, -0.2) is 4.98 Å². The summed E-state index contributed by atoms with van der Waals surface area (Å²) in [4.78, 5) is 4.85. The van der Waals surface area contributed by atoms with E-state index in [0.29, 0.717) is 0 Å². The lowest BCUT2D eigenvalue weighted by Crippen LogP contribution is -2.00. The Bertz CT molecular complexity index is 1020. The quantitative estimate of drug-likeness (QED) is 0.493. The number of para-hydroxylation sites is 1. The lowest BCUT2D eigenvalue weighted by Gasteiger charge is -2.11. The van der Waals surface area contributed by atoms with E-state index in [-0.39, 0.29) is 0 Å². The van der Waals surface area contributed by atoms with E-state index in [0.717, 1.165) is 45.2 Å². The fourth-order valence-electron chi connectivity index (χ4n) is 3.04. The molecule has 0 radical (unpaired) electrons. The van der Waals surface area contributed by atoms with Crippen LogP contribution in [0.3, 0.4) is 0 Å². The first-order chi connectivity index (χ1) is 12.3. The van der Waals surface area contributed by atoms with E-state index in [1.165, 1.54) is 0 Å². The number of hydrogen-bond donors (Lipinski definition) is 0. The number of benzene rings is 2. The molecule has 4 nitrogen and oxygen atoms in total. The molecule has 124 valence electrons. The smallest absolute Gasteiger partial charge is 0.191 e. The molecule has 0 atom stereocenters. The van der Waals surface area contributed by atoms with Gasteiger partial charge in [-0.15, -0.1) is 10.2 Å². The van der Waals surface area contributed by atoms with E-state index >= 15 is 0 Å². The van der Waals surface area contributed by atoms with E-state index in [4.69, 9.17) is 4.98 Å². The summed E-state index contributed by atoms with van der Waals surface area (Å²) in [5, 5.41) is 10.8. The summed E-state index contributed by atoms with van der Waals surface area (Å²) >= 11 is 1.62. The van der Waals surface area contributed by atoms with Gasteiger partial charge < -0.3 is 4.57 Å². The maximum atomic E-state index is 4.85. The monoisotopic (exact) mass is 346 g/mol. The average molecular weight is 346 g/mol. The first-order valence-corrected chi connectivity index (χ1v) is 9.47. The van der Waals surface area contributed by atoms with Gasteiger partial charge in [0.2, 0.25) is 0 Å². The van der Waals surface area contributed by atoms with Crippen molar-refractivity contribution in [3.8, 4) is 22.6 Å². The molecular weight excluding hydrogens is 328 g/mol. The van der Waals surface area contributed by atoms with Crippen molar-refractivity contribution in [2.24, 2.45) is 0 Å². The van der Waals surface area contributed by atoms with E-state index in [2.05, 4.69) is 46.0 Å². The molecule has 0 fully saturated rings. The molecule has 0 saturated carbocycles.